The largest absolute Gasteiger partial charge is 0.477 e. The van der Waals surface area contributed by atoms with E-state index in [1.165, 1.54) is 17.8 Å². The molecule has 1 aromatic heterocycles. The lowest BCUT2D eigenvalue weighted by molar-refractivity contribution is -0.162. The molecule has 1 aromatic carbocycles. The highest BCUT2D eigenvalue weighted by molar-refractivity contribution is 5.80. The summed E-state index contributed by atoms with van der Waals surface area (Å²) in [5, 5.41) is 3.83. The number of hydrogen-bond acceptors (Lipinski definition) is 6. The number of hydrogen-bond donors (Lipinski definition) is 1. The van der Waals surface area contributed by atoms with Crippen LogP contribution in [-0.4, -0.2) is 60.3 Å². The van der Waals surface area contributed by atoms with Crippen molar-refractivity contribution >= 4 is 5.97 Å². The molecule has 2 heterocycles. The first-order chi connectivity index (χ1) is 17.7. The third-order valence-electron chi connectivity index (χ3n) is 8.11. The maximum absolute atomic E-state index is 13.3. The van der Waals surface area contributed by atoms with Crippen LogP contribution in [0.2, 0.25) is 0 Å². The van der Waals surface area contributed by atoms with Crippen LogP contribution in [0.15, 0.2) is 48.7 Å². The molecule has 2 atom stereocenters. The molecule has 200 valence electrons. The SMILES string of the molecule is CC(C)(C)OC(=O)C1(CN2CCC(CN[C@@H]3C[C@H]3c3ccccc3)(COc3ccc(F)cn3)CC2)CC1. The molecule has 3 aliphatic rings. The summed E-state index contributed by atoms with van der Waals surface area (Å²) in [5.74, 6) is 0.613. The second-order valence-electron chi connectivity index (χ2n) is 12.4. The van der Waals surface area contributed by atoms with Gasteiger partial charge in [-0.3, -0.25) is 4.79 Å². The van der Waals surface area contributed by atoms with E-state index in [1.807, 2.05) is 20.8 Å². The molecule has 37 heavy (non-hydrogen) atoms. The van der Waals surface area contributed by atoms with E-state index in [-0.39, 0.29) is 22.6 Å². The van der Waals surface area contributed by atoms with E-state index in [9.17, 15) is 9.18 Å². The molecule has 6 nitrogen and oxygen atoms in total. The summed E-state index contributed by atoms with van der Waals surface area (Å²) < 4.78 is 25.1. The topological polar surface area (TPSA) is 63.7 Å². The lowest BCUT2D eigenvalue weighted by Gasteiger charge is -2.42. The first kappa shape index (κ1) is 26.1. The molecule has 0 bridgehead atoms. The van der Waals surface area contributed by atoms with Crippen molar-refractivity contribution in [2.24, 2.45) is 10.8 Å². The molecule has 0 amide bonds. The smallest absolute Gasteiger partial charge is 0.313 e. The van der Waals surface area contributed by atoms with E-state index in [1.54, 1.807) is 6.07 Å². The van der Waals surface area contributed by atoms with Gasteiger partial charge in [0.1, 0.15) is 11.4 Å². The zero-order valence-electron chi connectivity index (χ0n) is 22.3. The van der Waals surface area contributed by atoms with Crippen molar-refractivity contribution in [1.82, 2.24) is 15.2 Å². The quantitative estimate of drug-likeness (QED) is 0.458. The maximum Gasteiger partial charge on any atom is 0.313 e. The Hall–Kier alpha value is -2.51. The van der Waals surface area contributed by atoms with Crippen molar-refractivity contribution in [1.29, 1.82) is 0 Å². The van der Waals surface area contributed by atoms with E-state index in [0.717, 1.165) is 58.3 Å². The van der Waals surface area contributed by atoms with E-state index in [4.69, 9.17) is 9.47 Å². The Morgan fingerprint density at radius 3 is 2.46 bits per heavy atom. The summed E-state index contributed by atoms with van der Waals surface area (Å²) in [7, 11) is 0. The van der Waals surface area contributed by atoms with Gasteiger partial charge in [0.05, 0.1) is 18.2 Å². The third kappa shape index (κ3) is 6.68. The summed E-state index contributed by atoms with van der Waals surface area (Å²) in [4.78, 5) is 19.4. The number of benzene rings is 1. The number of pyridine rings is 1. The van der Waals surface area contributed by atoms with Gasteiger partial charge in [0, 0.05) is 36.5 Å². The summed E-state index contributed by atoms with van der Waals surface area (Å²) in [6.45, 7) is 9.80. The van der Waals surface area contributed by atoms with Gasteiger partial charge in [-0.15, -0.1) is 0 Å². The Morgan fingerprint density at radius 2 is 1.84 bits per heavy atom. The fourth-order valence-electron chi connectivity index (χ4n) is 5.46. The summed E-state index contributed by atoms with van der Waals surface area (Å²) in [6, 6.07) is 14.2. The highest BCUT2D eigenvalue weighted by Crippen LogP contribution is 2.49. The number of carbonyl (C=O) groups is 1. The van der Waals surface area contributed by atoms with E-state index in [0.29, 0.717) is 24.4 Å². The lowest BCUT2D eigenvalue weighted by atomic mass is 9.78. The average molecular weight is 510 g/mol. The molecule has 0 spiro atoms. The molecular formula is C30H40FN3O3. The molecule has 2 aliphatic carbocycles. The zero-order chi connectivity index (χ0) is 26.1. The molecule has 0 unspecified atom stereocenters. The fraction of sp³-hybridized carbons (Fsp3) is 0.600. The van der Waals surface area contributed by atoms with Crippen LogP contribution >= 0.6 is 0 Å². The van der Waals surface area contributed by atoms with Crippen molar-refractivity contribution in [3.05, 3.63) is 60.0 Å². The molecular weight excluding hydrogens is 469 g/mol. The normalized spacial score (nSPS) is 24.3. The van der Waals surface area contributed by atoms with Crippen molar-refractivity contribution in [3.63, 3.8) is 0 Å². The minimum atomic E-state index is -0.457. The van der Waals surface area contributed by atoms with Crippen molar-refractivity contribution in [2.45, 2.75) is 70.4 Å². The van der Waals surface area contributed by atoms with Crippen LogP contribution < -0.4 is 10.1 Å². The molecule has 1 aliphatic heterocycles. The van der Waals surface area contributed by atoms with Crippen LogP contribution in [-0.2, 0) is 9.53 Å². The van der Waals surface area contributed by atoms with Gasteiger partial charge >= 0.3 is 5.97 Å². The molecule has 5 rings (SSSR count). The standard InChI is InChI=1S/C30H40FN3O3/c1-28(2,3)37-27(35)30(11-12-30)20-34-15-13-29(14-16-34,21-36-26-10-9-23(31)18-32-26)19-33-25-17-24(25)22-7-5-4-6-8-22/h4-10,18,24-25,33H,11-17,19-21H2,1-3H3/t24-,25+/m0/s1. The van der Waals surface area contributed by atoms with E-state index >= 15 is 0 Å². The highest BCUT2D eigenvalue weighted by Gasteiger charge is 2.53. The second kappa shape index (κ2) is 10.3. The van der Waals surface area contributed by atoms with Crippen molar-refractivity contribution < 1.29 is 18.7 Å². The molecule has 0 radical (unpaired) electrons. The molecule has 1 N–H and O–H groups in total. The summed E-state index contributed by atoms with van der Waals surface area (Å²) >= 11 is 0. The number of esters is 1. The van der Waals surface area contributed by atoms with Gasteiger partial charge in [0.25, 0.3) is 0 Å². The lowest BCUT2D eigenvalue weighted by Crippen LogP contribution is -2.50. The minimum Gasteiger partial charge on any atom is -0.477 e. The van der Waals surface area contributed by atoms with Gasteiger partial charge in [-0.05, 0) is 77.6 Å². The molecule has 1 saturated heterocycles. The predicted octanol–water partition coefficient (Wildman–Crippen LogP) is 4.95. The van der Waals surface area contributed by atoms with Gasteiger partial charge in [-0.25, -0.2) is 9.37 Å². The van der Waals surface area contributed by atoms with Crippen LogP contribution in [0.5, 0.6) is 5.88 Å². The fourth-order valence-corrected chi connectivity index (χ4v) is 5.46. The zero-order valence-corrected chi connectivity index (χ0v) is 22.3. The Balaban J connectivity index is 1.19. The number of piperidine rings is 1. The Labute approximate surface area is 219 Å². The van der Waals surface area contributed by atoms with Gasteiger partial charge in [0.2, 0.25) is 5.88 Å². The number of nitrogens with one attached hydrogen (secondary N) is 1. The molecule has 3 fully saturated rings. The van der Waals surface area contributed by atoms with Crippen LogP contribution in [0, 0.1) is 16.6 Å². The van der Waals surface area contributed by atoms with Gasteiger partial charge in [0.15, 0.2) is 0 Å². The summed E-state index contributed by atoms with van der Waals surface area (Å²) in [6.07, 6.45) is 6.11. The van der Waals surface area contributed by atoms with Crippen LogP contribution in [0.3, 0.4) is 0 Å². The highest BCUT2D eigenvalue weighted by atomic mass is 19.1. The number of likely N-dealkylation sites (tertiary alicyclic amines) is 1. The van der Waals surface area contributed by atoms with Gasteiger partial charge in [-0.1, -0.05) is 30.3 Å². The van der Waals surface area contributed by atoms with Crippen LogP contribution in [0.25, 0.3) is 0 Å². The monoisotopic (exact) mass is 509 g/mol. The predicted molar refractivity (Wildman–Crippen MR) is 141 cm³/mol. The number of halogens is 1. The maximum atomic E-state index is 13.3. The third-order valence-corrected chi connectivity index (χ3v) is 8.11. The second-order valence-corrected chi connectivity index (χ2v) is 12.4. The van der Waals surface area contributed by atoms with Crippen LogP contribution in [0.4, 0.5) is 4.39 Å². The van der Waals surface area contributed by atoms with Crippen LogP contribution in [0.1, 0.15) is 64.4 Å². The Kier molecular flexibility index (Phi) is 7.29. The minimum absolute atomic E-state index is 0.0426. The van der Waals surface area contributed by atoms with Gasteiger partial charge in [-0.2, -0.15) is 0 Å². The number of nitrogens with zero attached hydrogens (tertiary/aromatic N) is 2. The number of ether oxygens (including phenoxy) is 2. The Bertz CT molecular complexity index is 1060. The number of rotatable bonds is 10. The summed E-state index contributed by atoms with van der Waals surface area (Å²) in [5.41, 5.74) is 0.560. The van der Waals surface area contributed by atoms with Gasteiger partial charge < -0.3 is 19.7 Å². The van der Waals surface area contributed by atoms with E-state index in [2.05, 4.69) is 45.5 Å². The first-order valence-corrected chi connectivity index (χ1v) is 13.6. The van der Waals surface area contributed by atoms with Crippen molar-refractivity contribution in [2.75, 3.05) is 32.8 Å². The first-order valence-electron chi connectivity index (χ1n) is 13.6. The Morgan fingerprint density at radius 1 is 1.11 bits per heavy atom. The van der Waals surface area contributed by atoms with Crippen molar-refractivity contribution in [3.8, 4) is 5.88 Å². The molecule has 2 saturated carbocycles. The number of carbonyl (C=O) groups excluding carboxylic acids is 1. The van der Waals surface area contributed by atoms with E-state index < -0.39 is 5.60 Å². The molecule has 2 aromatic rings. The molecule has 7 heteroatoms. The average Bonchev–Trinajstić information content (AvgIpc) is 3.80. The number of aromatic nitrogens is 1.